The molecule has 0 bridgehead atoms. The van der Waals surface area contributed by atoms with Crippen molar-refractivity contribution in [3.63, 3.8) is 0 Å². The third kappa shape index (κ3) is 3.80. The Kier molecular flexibility index (Phi) is 5.17. The highest BCUT2D eigenvalue weighted by Gasteiger charge is 2.38. The van der Waals surface area contributed by atoms with Crippen molar-refractivity contribution in [3.05, 3.63) is 24.0 Å². The molecule has 0 N–H and O–H groups in total. The lowest BCUT2D eigenvalue weighted by atomic mass is 10.3. The summed E-state index contributed by atoms with van der Waals surface area (Å²) in [6, 6.07) is 0.641. The van der Waals surface area contributed by atoms with Gasteiger partial charge in [0.05, 0.1) is 5.56 Å². The van der Waals surface area contributed by atoms with E-state index in [0.29, 0.717) is 18.7 Å². The molecular weight excluding hydrogens is 305 g/mol. The SMILES string of the molecule is CN(CCCCl)S(=O)(=O)c1cnccc1C(F)(F)F. The number of alkyl halides is 4. The van der Waals surface area contributed by atoms with Crippen molar-refractivity contribution in [1.82, 2.24) is 9.29 Å². The van der Waals surface area contributed by atoms with E-state index in [1.165, 1.54) is 7.05 Å². The topological polar surface area (TPSA) is 50.3 Å². The van der Waals surface area contributed by atoms with Gasteiger partial charge in [0.1, 0.15) is 4.90 Å². The first-order valence-electron chi connectivity index (χ1n) is 5.24. The van der Waals surface area contributed by atoms with Gasteiger partial charge in [-0.25, -0.2) is 12.7 Å². The molecule has 0 aliphatic carbocycles. The van der Waals surface area contributed by atoms with Gasteiger partial charge in [-0.3, -0.25) is 4.98 Å². The Bertz CT molecular complexity index is 534. The van der Waals surface area contributed by atoms with Crippen molar-refractivity contribution in [2.45, 2.75) is 17.5 Å². The average Bonchev–Trinajstić information content (AvgIpc) is 2.34. The molecule has 0 aliphatic heterocycles. The molecule has 1 rings (SSSR count). The van der Waals surface area contributed by atoms with Crippen LogP contribution in [-0.2, 0) is 16.2 Å². The Labute approximate surface area is 114 Å². The summed E-state index contributed by atoms with van der Waals surface area (Å²) < 4.78 is 63.2. The normalized spacial score (nSPS) is 12.9. The third-order valence-electron chi connectivity index (χ3n) is 2.38. The zero-order chi connectivity index (χ0) is 14.7. The summed E-state index contributed by atoms with van der Waals surface area (Å²) in [5.74, 6) is 0.221. The number of hydrogen-bond acceptors (Lipinski definition) is 3. The van der Waals surface area contributed by atoms with Crippen LogP contribution >= 0.6 is 11.6 Å². The lowest BCUT2D eigenvalue weighted by molar-refractivity contribution is -0.140. The minimum Gasteiger partial charge on any atom is -0.263 e. The van der Waals surface area contributed by atoms with Gasteiger partial charge in [0.15, 0.2) is 0 Å². The Morgan fingerprint density at radius 3 is 2.58 bits per heavy atom. The molecule has 108 valence electrons. The second kappa shape index (κ2) is 6.06. The fraction of sp³-hybridized carbons (Fsp3) is 0.500. The van der Waals surface area contributed by atoms with Crippen molar-refractivity contribution in [2.24, 2.45) is 0 Å². The first-order valence-corrected chi connectivity index (χ1v) is 7.22. The maximum atomic E-state index is 12.8. The van der Waals surface area contributed by atoms with Crippen LogP contribution in [0.4, 0.5) is 13.2 Å². The summed E-state index contributed by atoms with van der Waals surface area (Å²) in [4.78, 5) is 2.61. The highest BCUT2D eigenvalue weighted by molar-refractivity contribution is 7.89. The van der Waals surface area contributed by atoms with E-state index < -0.39 is 26.7 Å². The molecule has 0 saturated carbocycles. The molecule has 0 radical (unpaired) electrons. The van der Waals surface area contributed by atoms with E-state index >= 15 is 0 Å². The smallest absolute Gasteiger partial charge is 0.263 e. The Morgan fingerprint density at radius 1 is 1.42 bits per heavy atom. The summed E-state index contributed by atoms with van der Waals surface area (Å²) >= 11 is 5.43. The molecule has 0 aromatic carbocycles. The van der Waals surface area contributed by atoms with Crippen LogP contribution in [0.15, 0.2) is 23.4 Å². The lowest BCUT2D eigenvalue weighted by Crippen LogP contribution is -2.30. The first-order chi connectivity index (χ1) is 8.71. The molecule has 9 heteroatoms. The molecule has 0 fully saturated rings. The monoisotopic (exact) mass is 316 g/mol. The Hall–Kier alpha value is -0.860. The van der Waals surface area contributed by atoms with E-state index in [1.54, 1.807) is 0 Å². The highest BCUT2D eigenvalue weighted by Crippen LogP contribution is 2.34. The van der Waals surface area contributed by atoms with E-state index in [-0.39, 0.29) is 12.4 Å². The number of pyridine rings is 1. The minimum atomic E-state index is -4.75. The molecule has 0 spiro atoms. The number of nitrogens with zero attached hydrogens (tertiary/aromatic N) is 2. The molecular formula is C10H12ClF3N2O2S. The van der Waals surface area contributed by atoms with Crippen molar-refractivity contribution in [1.29, 1.82) is 0 Å². The molecule has 4 nitrogen and oxygen atoms in total. The van der Waals surface area contributed by atoms with Gasteiger partial charge in [-0.1, -0.05) is 0 Å². The number of aromatic nitrogens is 1. The second-order valence-corrected chi connectivity index (χ2v) is 6.13. The number of sulfonamides is 1. The summed E-state index contributed by atoms with van der Waals surface area (Å²) in [6.07, 6.45) is -2.80. The maximum absolute atomic E-state index is 12.8. The van der Waals surface area contributed by atoms with E-state index in [0.717, 1.165) is 10.5 Å². The molecule has 1 heterocycles. The molecule has 0 amide bonds. The molecule has 1 aromatic heterocycles. The van der Waals surface area contributed by atoms with Crippen LogP contribution in [0.25, 0.3) is 0 Å². The minimum absolute atomic E-state index is 0.0397. The van der Waals surface area contributed by atoms with Crippen molar-refractivity contribution in [3.8, 4) is 0 Å². The van der Waals surface area contributed by atoms with Crippen LogP contribution in [0.5, 0.6) is 0 Å². The number of halogens is 4. The van der Waals surface area contributed by atoms with Gasteiger partial charge < -0.3 is 0 Å². The quantitative estimate of drug-likeness (QED) is 0.784. The summed E-state index contributed by atoms with van der Waals surface area (Å²) in [6.45, 7) is 0.0397. The average molecular weight is 317 g/mol. The molecule has 0 unspecified atom stereocenters. The van der Waals surface area contributed by atoms with Crippen molar-refractivity contribution < 1.29 is 21.6 Å². The van der Waals surface area contributed by atoms with Gasteiger partial charge in [-0.05, 0) is 12.5 Å². The van der Waals surface area contributed by atoms with E-state index in [9.17, 15) is 21.6 Å². The predicted molar refractivity (Wildman–Crippen MR) is 64.4 cm³/mol. The molecule has 0 aliphatic rings. The van der Waals surface area contributed by atoms with Crippen LogP contribution < -0.4 is 0 Å². The maximum Gasteiger partial charge on any atom is 0.417 e. The van der Waals surface area contributed by atoms with Gasteiger partial charge in [-0.2, -0.15) is 13.2 Å². The van der Waals surface area contributed by atoms with Gasteiger partial charge in [0, 0.05) is 31.9 Å². The fourth-order valence-corrected chi connectivity index (χ4v) is 2.87. The Balaban J connectivity index is 3.22. The molecule has 0 saturated heterocycles. The molecule has 19 heavy (non-hydrogen) atoms. The van der Waals surface area contributed by atoms with E-state index in [2.05, 4.69) is 4.98 Å². The van der Waals surface area contributed by atoms with Crippen LogP contribution in [0.1, 0.15) is 12.0 Å². The van der Waals surface area contributed by atoms with Crippen LogP contribution in [-0.4, -0.2) is 37.2 Å². The van der Waals surface area contributed by atoms with Gasteiger partial charge >= 0.3 is 6.18 Å². The summed E-state index contributed by atoms with van der Waals surface area (Å²) in [5.41, 5.74) is -1.22. The zero-order valence-electron chi connectivity index (χ0n) is 9.98. The third-order valence-corrected chi connectivity index (χ3v) is 4.54. The standard InChI is InChI=1S/C10H12ClF3N2O2S/c1-16(6-2-4-11)19(17,18)9-7-15-5-3-8(9)10(12,13)14/h3,5,7H,2,4,6H2,1H3. The van der Waals surface area contributed by atoms with Crippen molar-refractivity contribution >= 4 is 21.6 Å². The fourth-order valence-electron chi connectivity index (χ4n) is 1.39. The lowest BCUT2D eigenvalue weighted by Gasteiger charge is -2.19. The largest absolute Gasteiger partial charge is 0.417 e. The summed E-state index contributed by atoms with van der Waals surface area (Å²) in [7, 11) is -3.03. The van der Waals surface area contributed by atoms with E-state index in [1.807, 2.05) is 0 Å². The highest BCUT2D eigenvalue weighted by atomic mass is 35.5. The van der Waals surface area contributed by atoms with Gasteiger partial charge in [0.25, 0.3) is 0 Å². The second-order valence-electron chi connectivity index (χ2n) is 3.74. The Morgan fingerprint density at radius 2 is 2.05 bits per heavy atom. The summed E-state index contributed by atoms with van der Waals surface area (Å²) in [5, 5.41) is 0. The molecule has 0 atom stereocenters. The number of rotatable bonds is 5. The van der Waals surface area contributed by atoms with Crippen LogP contribution in [0.3, 0.4) is 0 Å². The zero-order valence-corrected chi connectivity index (χ0v) is 11.6. The van der Waals surface area contributed by atoms with Crippen molar-refractivity contribution in [2.75, 3.05) is 19.5 Å². The number of hydrogen-bond donors (Lipinski definition) is 0. The molecule has 1 aromatic rings. The van der Waals surface area contributed by atoms with Crippen LogP contribution in [0.2, 0.25) is 0 Å². The van der Waals surface area contributed by atoms with Crippen LogP contribution in [0, 0.1) is 0 Å². The van der Waals surface area contributed by atoms with E-state index in [4.69, 9.17) is 11.6 Å². The predicted octanol–water partition coefficient (Wildman–Crippen LogP) is 2.35. The van der Waals surface area contributed by atoms with Gasteiger partial charge in [-0.15, -0.1) is 11.6 Å². The first kappa shape index (κ1) is 16.2. The van der Waals surface area contributed by atoms with Gasteiger partial charge in [0.2, 0.25) is 10.0 Å².